The predicted molar refractivity (Wildman–Crippen MR) is 74.9 cm³/mol. The van der Waals surface area contributed by atoms with Crippen LogP contribution < -0.4 is 16.0 Å². The Kier molecular flexibility index (Phi) is 3.90. The molecule has 2 rings (SSSR count). The second kappa shape index (κ2) is 5.67. The maximum absolute atomic E-state index is 12.0. The summed E-state index contributed by atoms with van der Waals surface area (Å²) >= 11 is 0. The van der Waals surface area contributed by atoms with Crippen LogP contribution in [0.1, 0.15) is 0 Å². The standard InChI is InChI=1S/C11H9N5O7/c1-13-9(17)5-12-14(11(13)18)6-3-7(15(19)20)10(23-2)8(4-6)16(21)22/h3-5H,1-2H3. The first-order valence-corrected chi connectivity index (χ1v) is 5.94. The van der Waals surface area contributed by atoms with Crippen molar-refractivity contribution in [2.24, 2.45) is 7.05 Å². The average molecular weight is 323 g/mol. The van der Waals surface area contributed by atoms with Crippen LogP contribution in [-0.2, 0) is 7.05 Å². The first kappa shape index (κ1) is 15.8. The lowest BCUT2D eigenvalue weighted by Crippen LogP contribution is -2.38. The maximum atomic E-state index is 12.0. The Morgan fingerprint density at radius 3 is 2.09 bits per heavy atom. The summed E-state index contributed by atoms with van der Waals surface area (Å²) < 4.78 is 6.06. The Balaban J connectivity index is 2.87. The van der Waals surface area contributed by atoms with Gasteiger partial charge in [-0.05, 0) is 0 Å². The lowest BCUT2D eigenvalue weighted by Gasteiger charge is -2.08. The molecule has 0 N–H and O–H groups in total. The van der Waals surface area contributed by atoms with Crippen molar-refractivity contribution in [2.75, 3.05) is 7.11 Å². The predicted octanol–water partition coefficient (Wildman–Crippen LogP) is -0.244. The molecule has 0 fully saturated rings. The first-order valence-electron chi connectivity index (χ1n) is 5.94. The molecule has 1 aromatic heterocycles. The van der Waals surface area contributed by atoms with Crippen LogP contribution >= 0.6 is 0 Å². The maximum Gasteiger partial charge on any atom is 0.351 e. The summed E-state index contributed by atoms with van der Waals surface area (Å²) in [7, 11) is 2.22. The molecule has 2 aromatic rings. The fraction of sp³-hybridized carbons (Fsp3) is 0.182. The Bertz CT molecular complexity index is 894. The number of hydrogen-bond donors (Lipinski definition) is 0. The minimum absolute atomic E-state index is 0.246. The van der Waals surface area contributed by atoms with Gasteiger partial charge in [0.1, 0.15) is 6.20 Å². The van der Waals surface area contributed by atoms with Crippen LogP contribution in [0.5, 0.6) is 5.75 Å². The van der Waals surface area contributed by atoms with E-state index < -0.39 is 38.2 Å². The number of hydrogen-bond acceptors (Lipinski definition) is 8. The quantitative estimate of drug-likeness (QED) is 0.551. The van der Waals surface area contributed by atoms with Crippen molar-refractivity contribution in [2.45, 2.75) is 0 Å². The smallest absolute Gasteiger partial charge is 0.351 e. The van der Waals surface area contributed by atoms with E-state index >= 15 is 0 Å². The SMILES string of the molecule is COc1c([N+](=O)[O-])cc(-n2ncc(=O)n(C)c2=O)cc1[N+](=O)[O-]. The summed E-state index contributed by atoms with van der Waals surface area (Å²) in [5.41, 5.74) is -3.27. The largest absolute Gasteiger partial charge is 0.485 e. The molecular formula is C11H9N5O7. The molecule has 12 heteroatoms. The van der Waals surface area contributed by atoms with Crippen LogP contribution in [0.2, 0.25) is 0 Å². The molecule has 0 saturated carbocycles. The third-order valence-electron chi connectivity index (χ3n) is 2.96. The van der Waals surface area contributed by atoms with Gasteiger partial charge in [-0.1, -0.05) is 0 Å². The van der Waals surface area contributed by atoms with E-state index in [2.05, 4.69) is 5.10 Å². The number of nitrogens with zero attached hydrogens (tertiary/aromatic N) is 5. The van der Waals surface area contributed by atoms with Gasteiger partial charge in [-0.15, -0.1) is 0 Å². The van der Waals surface area contributed by atoms with E-state index in [-0.39, 0.29) is 5.69 Å². The van der Waals surface area contributed by atoms with E-state index in [9.17, 15) is 29.8 Å². The third-order valence-corrected chi connectivity index (χ3v) is 2.96. The van der Waals surface area contributed by atoms with Crippen LogP contribution in [0.4, 0.5) is 11.4 Å². The molecule has 0 bridgehead atoms. The summed E-state index contributed by atoms with van der Waals surface area (Å²) in [6, 6.07) is 1.79. The van der Waals surface area contributed by atoms with Gasteiger partial charge in [-0.25, -0.2) is 4.79 Å². The highest BCUT2D eigenvalue weighted by Crippen LogP contribution is 2.38. The van der Waals surface area contributed by atoms with Gasteiger partial charge in [0.05, 0.1) is 22.6 Å². The van der Waals surface area contributed by atoms with Crippen LogP contribution in [0, 0.1) is 20.2 Å². The Hall–Kier alpha value is -3.57. The Labute approximate surface area is 126 Å². The molecule has 23 heavy (non-hydrogen) atoms. The molecule has 12 nitrogen and oxygen atoms in total. The van der Waals surface area contributed by atoms with Crippen molar-refractivity contribution in [3.05, 3.63) is 59.4 Å². The number of methoxy groups -OCH3 is 1. The molecule has 0 saturated heterocycles. The van der Waals surface area contributed by atoms with E-state index in [1.807, 2.05) is 0 Å². The van der Waals surface area contributed by atoms with Crippen LogP contribution in [0.25, 0.3) is 5.69 Å². The van der Waals surface area contributed by atoms with Crippen LogP contribution in [-0.4, -0.2) is 31.3 Å². The molecule has 0 aliphatic heterocycles. The monoisotopic (exact) mass is 323 g/mol. The molecule has 0 radical (unpaired) electrons. The van der Waals surface area contributed by atoms with Gasteiger partial charge in [-0.3, -0.25) is 29.6 Å². The first-order chi connectivity index (χ1) is 10.8. The zero-order valence-electron chi connectivity index (χ0n) is 11.8. The zero-order valence-corrected chi connectivity index (χ0v) is 11.8. The van der Waals surface area contributed by atoms with Crippen molar-refractivity contribution in [1.29, 1.82) is 0 Å². The lowest BCUT2D eigenvalue weighted by atomic mass is 10.2. The number of benzene rings is 1. The fourth-order valence-electron chi connectivity index (χ4n) is 1.84. The van der Waals surface area contributed by atoms with E-state index in [0.29, 0.717) is 9.25 Å². The molecule has 1 aromatic carbocycles. The van der Waals surface area contributed by atoms with Crippen molar-refractivity contribution >= 4 is 11.4 Å². The van der Waals surface area contributed by atoms with Crippen molar-refractivity contribution in [3.8, 4) is 11.4 Å². The number of aromatic nitrogens is 3. The van der Waals surface area contributed by atoms with Gasteiger partial charge in [0.15, 0.2) is 0 Å². The topological polar surface area (TPSA) is 152 Å². The molecule has 0 atom stereocenters. The highest BCUT2D eigenvalue weighted by Gasteiger charge is 2.29. The Morgan fingerprint density at radius 1 is 1.13 bits per heavy atom. The normalized spacial score (nSPS) is 10.3. The summed E-state index contributed by atoms with van der Waals surface area (Å²) in [4.78, 5) is 43.7. The molecule has 1 heterocycles. The van der Waals surface area contributed by atoms with Gasteiger partial charge in [-0.2, -0.15) is 9.78 Å². The van der Waals surface area contributed by atoms with Crippen molar-refractivity contribution in [1.82, 2.24) is 14.3 Å². The molecule has 0 unspecified atom stereocenters. The summed E-state index contributed by atoms with van der Waals surface area (Å²) in [5, 5.41) is 25.7. The molecular weight excluding hydrogens is 314 g/mol. The van der Waals surface area contributed by atoms with Gasteiger partial charge in [0, 0.05) is 19.2 Å². The van der Waals surface area contributed by atoms with Gasteiger partial charge in [0.2, 0.25) is 0 Å². The number of rotatable bonds is 4. The molecule has 0 aliphatic rings. The second-order valence-corrected chi connectivity index (χ2v) is 4.27. The van der Waals surface area contributed by atoms with E-state index in [1.165, 1.54) is 7.05 Å². The Morgan fingerprint density at radius 2 is 1.65 bits per heavy atom. The fourth-order valence-corrected chi connectivity index (χ4v) is 1.84. The molecule has 0 aliphatic carbocycles. The number of ether oxygens (including phenoxy) is 1. The third kappa shape index (κ3) is 2.64. The van der Waals surface area contributed by atoms with Crippen LogP contribution in [0.3, 0.4) is 0 Å². The second-order valence-electron chi connectivity index (χ2n) is 4.27. The molecule has 120 valence electrons. The minimum Gasteiger partial charge on any atom is -0.485 e. The summed E-state index contributed by atoms with van der Waals surface area (Å²) in [6.45, 7) is 0. The van der Waals surface area contributed by atoms with E-state index in [1.54, 1.807) is 0 Å². The molecule has 0 amide bonds. The summed E-state index contributed by atoms with van der Waals surface area (Å²) in [6.07, 6.45) is 0.809. The van der Waals surface area contributed by atoms with E-state index in [4.69, 9.17) is 4.74 Å². The van der Waals surface area contributed by atoms with Gasteiger partial charge >= 0.3 is 17.1 Å². The zero-order chi connectivity index (χ0) is 17.3. The van der Waals surface area contributed by atoms with Gasteiger partial charge in [0.25, 0.3) is 11.3 Å². The highest BCUT2D eigenvalue weighted by molar-refractivity contribution is 5.65. The lowest BCUT2D eigenvalue weighted by molar-refractivity contribution is -0.395. The average Bonchev–Trinajstić information content (AvgIpc) is 2.51. The van der Waals surface area contributed by atoms with Gasteiger partial charge < -0.3 is 4.74 Å². The molecule has 0 spiro atoms. The number of nitro groups is 2. The van der Waals surface area contributed by atoms with E-state index in [0.717, 1.165) is 25.4 Å². The summed E-state index contributed by atoms with van der Waals surface area (Å²) in [5.74, 6) is -0.554. The van der Waals surface area contributed by atoms with Crippen LogP contribution in [0.15, 0.2) is 27.9 Å². The van der Waals surface area contributed by atoms with Crippen molar-refractivity contribution in [3.63, 3.8) is 0 Å². The highest BCUT2D eigenvalue weighted by atomic mass is 16.6. The minimum atomic E-state index is -0.911. The van der Waals surface area contributed by atoms with Crippen molar-refractivity contribution < 1.29 is 14.6 Å². The number of nitro benzene ring substituents is 2.